The van der Waals surface area contributed by atoms with E-state index < -0.39 is 0 Å². The molecule has 16 heavy (non-hydrogen) atoms. The van der Waals surface area contributed by atoms with E-state index in [-0.39, 0.29) is 0 Å². The van der Waals surface area contributed by atoms with Gasteiger partial charge in [-0.25, -0.2) is 0 Å². The van der Waals surface area contributed by atoms with Gasteiger partial charge in [0, 0.05) is 11.6 Å². The minimum Gasteiger partial charge on any atom is -0.496 e. The Morgan fingerprint density at radius 1 is 1.44 bits per heavy atom. The van der Waals surface area contributed by atoms with Gasteiger partial charge in [0.05, 0.1) is 7.11 Å². The number of hydrogen-bond donors (Lipinski definition) is 1. The van der Waals surface area contributed by atoms with Gasteiger partial charge in [-0.2, -0.15) is 0 Å². The van der Waals surface area contributed by atoms with E-state index in [0.29, 0.717) is 6.04 Å². The van der Waals surface area contributed by atoms with Crippen LogP contribution in [0.1, 0.15) is 37.4 Å². The molecule has 0 spiro atoms. The van der Waals surface area contributed by atoms with Gasteiger partial charge in [0.15, 0.2) is 0 Å². The molecule has 1 N–H and O–H groups in total. The fraction of sp³-hybridized carbons (Fsp3) is 0.571. The van der Waals surface area contributed by atoms with Gasteiger partial charge in [0.25, 0.3) is 0 Å². The molecule has 0 saturated carbocycles. The fourth-order valence-electron chi connectivity index (χ4n) is 2.41. The molecule has 1 aromatic rings. The molecule has 0 amide bonds. The molecule has 0 aliphatic carbocycles. The Hall–Kier alpha value is -1.02. The zero-order valence-corrected chi connectivity index (χ0v) is 10.4. The van der Waals surface area contributed by atoms with Crippen molar-refractivity contribution in [2.45, 2.75) is 32.7 Å². The van der Waals surface area contributed by atoms with Gasteiger partial charge in [0.1, 0.15) is 5.75 Å². The summed E-state index contributed by atoms with van der Waals surface area (Å²) in [7, 11) is 1.76. The molecule has 0 bridgehead atoms. The minimum atomic E-state index is 0.468. The van der Waals surface area contributed by atoms with E-state index in [1.54, 1.807) is 7.11 Å². The number of nitrogens with one attached hydrogen (secondary N) is 1. The van der Waals surface area contributed by atoms with Crippen LogP contribution in [-0.2, 0) is 6.42 Å². The molecule has 1 heterocycles. The Labute approximate surface area is 98.0 Å². The van der Waals surface area contributed by atoms with E-state index in [9.17, 15) is 0 Å². The second-order valence-corrected chi connectivity index (χ2v) is 4.73. The van der Waals surface area contributed by atoms with E-state index in [1.807, 2.05) is 0 Å². The fourth-order valence-corrected chi connectivity index (χ4v) is 2.41. The Morgan fingerprint density at radius 2 is 2.25 bits per heavy atom. The maximum atomic E-state index is 5.50. The largest absolute Gasteiger partial charge is 0.496 e. The van der Waals surface area contributed by atoms with Crippen molar-refractivity contribution in [3.63, 3.8) is 0 Å². The zero-order valence-electron chi connectivity index (χ0n) is 10.4. The van der Waals surface area contributed by atoms with Gasteiger partial charge < -0.3 is 10.1 Å². The second-order valence-electron chi connectivity index (χ2n) is 4.73. The molecule has 1 aromatic carbocycles. The van der Waals surface area contributed by atoms with Crippen LogP contribution < -0.4 is 10.1 Å². The normalized spacial score (nSPS) is 24.7. The van der Waals surface area contributed by atoms with Crippen LogP contribution in [0.15, 0.2) is 18.2 Å². The number of methoxy groups -OCH3 is 1. The quantitative estimate of drug-likeness (QED) is 0.844. The van der Waals surface area contributed by atoms with E-state index >= 15 is 0 Å². The molecule has 2 nitrogen and oxygen atoms in total. The van der Waals surface area contributed by atoms with Gasteiger partial charge in [-0.1, -0.05) is 26.0 Å². The van der Waals surface area contributed by atoms with Gasteiger partial charge in [0.2, 0.25) is 0 Å². The van der Waals surface area contributed by atoms with Crippen LogP contribution in [0.2, 0.25) is 0 Å². The number of ether oxygens (including phenoxy) is 1. The maximum Gasteiger partial charge on any atom is 0.123 e. The Balaban J connectivity index is 2.26. The van der Waals surface area contributed by atoms with Gasteiger partial charge >= 0.3 is 0 Å². The average molecular weight is 219 g/mol. The third-order valence-electron chi connectivity index (χ3n) is 3.43. The third kappa shape index (κ3) is 2.22. The summed E-state index contributed by atoms with van der Waals surface area (Å²) < 4.78 is 5.50. The summed E-state index contributed by atoms with van der Waals surface area (Å²) in [5.74, 6) is 1.80. The Kier molecular flexibility index (Phi) is 3.49. The molecule has 1 fully saturated rings. The van der Waals surface area contributed by atoms with Crippen LogP contribution in [0.25, 0.3) is 0 Å². The lowest BCUT2D eigenvalue weighted by Crippen LogP contribution is -2.14. The molecule has 1 saturated heterocycles. The number of hydrogen-bond acceptors (Lipinski definition) is 2. The van der Waals surface area contributed by atoms with Crippen LogP contribution in [0, 0.1) is 5.92 Å². The average Bonchev–Trinajstić information content (AvgIpc) is 2.74. The summed E-state index contributed by atoms with van der Waals surface area (Å²) in [6.45, 7) is 5.58. The van der Waals surface area contributed by atoms with Crippen molar-refractivity contribution in [1.82, 2.24) is 5.32 Å². The monoisotopic (exact) mass is 219 g/mol. The Morgan fingerprint density at radius 3 is 2.81 bits per heavy atom. The summed E-state index contributed by atoms with van der Waals surface area (Å²) in [5.41, 5.74) is 2.65. The molecule has 0 radical (unpaired) electrons. The van der Waals surface area contributed by atoms with Crippen LogP contribution >= 0.6 is 0 Å². The van der Waals surface area contributed by atoms with Gasteiger partial charge in [-0.05, 0) is 36.9 Å². The predicted molar refractivity (Wildman–Crippen MR) is 66.9 cm³/mol. The van der Waals surface area contributed by atoms with Crippen molar-refractivity contribution < 1.29 is 4.74 Å². The SMILES string of the molecule is CCc1ccc([C@H]2C[C@H](C)CN2)c(OC)c1. The van der Waals surface area contributed by atoms with Crippen LogP contribution in [-0.4, -0.2) is 13.7 Å². The smallest absolute Gasteiger partial charge is 0.123 e. The summed E-state index contributed by atoms with van der Waals surface area (Å²) in [5, 5.41) is 3.55. The lowest BCUT2D eigenvalue weighted by Gasteiger charge is -2.16. The lowest BCUT2D eigenvalue weighted by molar-refractivity contribution is 0.402. The first-order valence-electron chi connectivity index (χ1n) is 6.14. The first-order valence-corrected chi connectivity index (χ1v) is 6.14. The molecular weight excluding hydrogens is 198 g/mol. The highest BCUT2D eigenvalue weighted by molar-refractivity contribution is 5.40. The molecule has 2 heteroatoms. The van der Waals surface area contributed by atoms with Gasteiger partial charge in [-0.15, -0.1) is 0 Å². The number of benzene rings is 1. The van der Waals surface area contributed by atoms with E-state index in [2.05, 4.69) is 37.4 Å². The molecule has 1 aliphatic rings. The second kappa shape index (κ2) is 4.88. The highest BCUT2D eigenvalue weighted by atomic mass is 16.5. The first-order chi connectivity index (χ1) is 7.74. The van der Waals surface area contributed by atoms with Gasteiger partial charge in [-0.3, -0.25) is 0 Å². The van der Waals surface area contributed by atoms with Crippen LogP contribution in [0.5, 0.6) is 5.75 Å². The third-order valence-corrected chi connectivity index (χ3v) is 3.43. The van der Waals surface area contributed by atoms with Crippen molar-refractivity contribution in [2.24, 2.45) is 5.92 Å². The molecule has 88 valence electrons. The maximum absolute atomic E-state index is 5.50. The van der Waals surface area contributed by atoms with E-state index in [4.69, 9.17) is 4.74 Å². The zero-order chi connectivity index (χ0) is 11.5. The van der Waals surface area contributed by atoms with Crippen molar-refractivity contribution in [1.29, 1.82) is 0 Å². The molecule has 2 atom stereocenters. The minimum absolute atomic E-state index is 0.468. The number of aryl methyl sites for hydroxylation is 1. The van der Waals surface area contributed by atoms with E-state index in [0.717, 1.165) is 24.6 Å². The Bertz CT molecular complexity index is 362. The van der Waals surface area contributed by atoms with Crippen LogP contribution in [0.4, 0.5) is 0 Å². The first kappa shape index (κ1) is 11.5. The van der Waals surface area contributed by atoms with Crippen molar-refractivity contribution >= 4 is 0 Å². The van der Waals surface area contributed by atoms with Crippen molar-refractivity contribution in [3.05, 3.63) is 29.3 Å². The lowest BCUT2D eigenvalue weighted by atomic mass is 9.98. The van der Waals surface area contributed by atoms with Crippen LogP contribution in [0.3, 0.4) is 0 Å². The highest BCUT2D eigenvalue weighted by Gasteiger charge is 2.24. The van der Waals surface area contributed by atoms with Crippen molar-refractivity contribution in [3.8, 4) is 5.75 Å². The molecular formula is C14H21NO. The summed E-state index contributed by atoms with van der Waals surface area (Å²) in [4.78, 5) is 0. The van der Waals surface area contributed by atoms with Crippen molar-refractivity contribution in [2.75, 3.05) is 13.7 Å². The summed E-state index contributed by atoms with van der Waals surface area (Å²) in [6.07, 6.45) is 2.27. The summed E-state index contributed by atoms with van der Waals surface area (Å²) >= 11 is 0. The number of rotatable bonds is 3. The highest BCUT2D eigenvalue weighted by Crippen LogP contribution is 2.33. The molecule has 2 rings (SSSR count). The summed E-state index contributed by atoms with van der Waals surface area (Å²) in [6, 6.07) is 7.06. The topological polar surface area (TPSA) is 21.3 Å². The molecule has 1 aliphatic heterocycles. The molecule has 0 aromatic heterocycles. The predicted octanol–water partition coefficient (Wildman–Crippen LogP) is 2.93. The standard InChI is InChI=1S/C14H21NO/c1-4-11-5-6-12(14(8-11)16-3)13-7-10(2)9-15-13/h5-6,8,10,13,15H,4,7,9H2,1-3H3/t10-,13+/m0/s1. The van der Waals surface area contributed by atoms with E-state index in [1.165, 1.54) is 17.5 Å². The molecule has 0 unspecified atom stereocenters.